The standard InChI is InChI=1S/C13H15BrClN.ClH/c14-12-5-6-13(15)11(8-12)4-3-10-2-1-7-16-9-10;/h3-6,8,10,16H,1-2,7,9H2;1H/b4-3+;. The van der Waals surface area contributed by atoms with Gasteiger partial charge in [0, 0.05) is 16.0 Å². The monoisotopic (exact) mass is 335 g/mol. The lowest BCUT2D eigenvalue weighted by Gasteiger charge is -2.19. The smallest absolute Gasteiger partial charge is 0.0479 e. The zero-order valence-corrected chi connectivity index (χ0v) is 12.6. The van der Waals surface area contributed by atoms with E-state index in [1.165, 1.54) is 12.8 Å². The molecule has 1 unspecified atom stereocenters. The largest absolute Gasteiger partial charge is 0.316 e. The van der Waals surface area contributed by atoms with E-state index in [1.54, 1.807) is 0 Å². The fraction of sp³-hybridized carbons (Fsp3) is 0.385. The summed E-state index contributed by atoms with van der Waals surface area (Å²) in [5.74, 6) is 0.642. The van der Waals surface area contributed by atoms with Crippen molar-refractivity contribution >= 4 is 46.0 Å². The number of hydrogen-bond acceptors (Lipinski definition) is 1. The molecule has 1 aromatic rings. The highest BCUT2D eigenvalue weighted by Gasteiger charge is 2.09. The van der Waals surface area contributed by atoms with Gasteiger partial charge < -0.3 is 5.32 Å². The Morgan fingerprint density at radius 3 is 2.94 bits per heavy atom. The Labute approximate surface area is 122 Å². The lowest BCUT2D eigenvalue weighted by Crippen LogP contribution is -2.28. The molecule has 4 heteroatoms. The van der Waals surface area contributed by atoms with Gasteiger partial charge in [-0.15, -0.1) is 12.4 Å². The van der Waals surface area contributed by atoms with Crippen LogP contribution < -0.4 is 5.32 Å². The predicted octanol–water partition coefficient (Wildman–Crippen LogP) is 4.54. The van der Waals surface area contributed by atoms with E-state index < -0.39 is 0 Å². The van der Waals surface area contributed by atoms with Crippen molar-refractivity contribution in [3.05, 3.63) is 39.3 Å². The number of hydrogen-bond donors (Lipinski definition) is 1. The molecule has 0 amide bonds. The maximum atomic E-state index is 6.13. The molecule has 0 radical (unpaired) electrons. The molecule has 0 spiro atoms. The topological polar surface area (TPSA) is 12.0 Å². The summed E-state index contributed by atoms with van der Waals surface area (Å²) in [4.78, 5) is 0. The summed E-state index contributed by atoms with van der Waals surface area (Å²) in [6.07, 6.45) is 6.93. The molecule has 0 bridgehead atoms. The first-order chi connectivity index (χ1) is 7.75. The average Bonchev–Trinajstić information content (AvgIpc) is 2.32. The van der Waals surface area contributed by atoms with Crippen LogP contribution >= 0.6 is 39.9 Å². The Kier molecular flexibility index (Phi) is 6.57. The predicted molar refractivity (Wildman–Crippen MR) is 81.0 cm³/mol. The fourth-order valence-corrected chi connectivity index (χ4v) is 2.48. The molecule has 1 aliphatic heterocycles. The third-order valence-corrected chi connectivity index (χ3v) is 3.68. The van der Waals surface area contributed by atoms with E-state index in [1.807, 2.05) is 12.1 Å². The molecule has 2 rings (SSSR count). The molecular weight excluding hydrogens is 321 g/mol. The van der Waals surface area contributed by atoms with Crippen LogP contribution in [0.4, 0.5) is 0 Å². The molecular formula is C13H16BrCl2N. The van der Waals surface area contributed by atoms with Gasteiger partial charge in [0.1, 0.15) is 0 Å². The normalized spacial score (nSPS) is 20.2. The molecule has 1 atom stereocenters. The Morgan fingerprint density at radius 2 is 2.24 bits per heavy atom. The van der Waals surface area contributed by atoms with Crippen molar-refractivity contribution in [2.24, 2.45) is 5.92 Å². The van der Waals surface area contributed by atoms with E-state index >= 15 is 0 Å². The SMILES string of the molecule is Cl.Clc1ccc(Br)cc1/C=C/C1CCCNC1. The van der Waals surface area contributed by atoms with Crippen LogP contribution in [0.5, 0.6) is 0 Å². The number of benzene rings is 1. The van der Waals surface area contributed by atoms with Gasteiger partial charge in [-0.2, -0.15) is 0 Å². The number of halogens is 3. The molecule has 1 nitrogen and oxygen atoms in total. The second kappa shape index (κ2) is 7.42. The van der Waals surface area contributed by atoms with Crippen molar-refractivity contribution in [1.82, 2.24) is 5.32 Å². The lowest BCUT2D eigenvalue weighted by molar-refractivity contribution is 0.439. The van der Waals surface area contributed by atoms with Gasteiger partial charge in [-0.25, -0.2) is 0 Å². The van der Waals surface area contributed by atoms with Gasteiger partial charge in [-0.3, -0.25) is 0 Å². The second-order valence-corrected chi connectivity index (χ2v) is 5.45. The Hall–Kier alpha value is -0.0200. The van der Waals surface area contributed by atoms with Crippen LogP contribution in [0.25, 0.3) is 6.08 Å². The molecule has 1 aliphatic rings. The van der Waals surface area contributed by atoms with Gasteiger partial charge in [0.2, 0.25) is 0 Å². The lowest BCUT2D eigenvalue weighted by atomic mass is 9.98. The molecule has 1 N–H and O–H groups in total. The second-order valence-electron chi connectivity index (χ2n) is 4.13. The maximum absolute atomic E-state index is 6.13. The summed E-state index contributed by atoms with van der Waals surface area (Å²) < 4.78 is 1.07. The molecule has 1 fully saturated rings. The third-order valence-electron chi connectivity index (χ3n) is 2.84. The number of nitrogens with one attached hydrogen (secondary N) is 1. The first-order valence-electron chi connectivity index (χ1n) is 5.59. The van der Waals surface area contributed by atoms with Crippen LogP contribution in [0.2, 0.25) is 5.02 Å². The molecule has 0 aromatic heterocycles. The Bertz CT molecular complexity index is 387. The zero-order chi connectivity index (χ0) is 11.4. The summed E-state index contributed by atoms with van der Waals surface area (Å²) in [6.45, 7) is 2.24. The van der Waals surface area contributed by atoms with Gasteiger partial charge in [0.15, 0.2) is 0 Å². The quantitative estimate of drug-likeness (QED) is 0.836. The first kappa shape index (κ1) is 15.0. The summed E-state index contributed by atoms with van der Waals surface area (Å²) in [6, 6.07) is 5.93. The fourth-order valence-electron chi connectivity index (χ4n) is 1.93. The molecule has 1 heterocycles. The van der Waals surface area contributed by atoms with Crippen molar-refractivity contribution in [3.63, 3.8) is 0 Å². The summed E-state index contributed by atoms with van der Waals surface area (Å²) in [5, 5.41) is 4.21. The van der Waals surface area contributed by atoms with Gasteiger partial charge in [0.05, 0.1) is 0 Å². The van der Waals surface area contributed by atoms with Crippen molar-refractivity contribution in [2.45, 2.75) is 12.8 Å². The van der Waals surface area contributed by atoms with Crippen LogP contribution in [0.15, 0.2) is 28.7 Å². The van der Waals surface area contributed by atoms with Gasteiger partial charge >= 0.3 is 0 Å². The minimum atomic E-state index is 0. The van der Waals surface area contributed by atoms with Crippen LogP contribution in [0, 0.1) is 5.92 Å². The molecule has 1 aromatic carbocycles. The first-order valence-corrected chi connectivity index (χ1v) is 6.77. The Balaban J connectivity index is 0.00000144. The van der Waals surface area contributed by atoms with E-state index in [0.717, 1.165) is 28.1 Å². The van der Waals surface area contributed by atoms with E-state index in [4.69, 9.17) is 11.6 Å². The molecule has 94 valence electrons. The summed E-state index contributed by atoms with van der Waals surface area (Å²) >= 11 is 9.58. The third kappa shape index (κ3) is 4.63. The van der Waals surface area contributed by atoms with Gasteiger partial charge in [0.25, 0.3) is 0 Å². The number of rotatable bonds is 2. The van der Waals surface area contributed by atoms with Crippen LogP contribution in [-0.2, 0) is 0 Å². The van der Waals surface area contributed by atoms with Crippen molar-refractivity contribution in [1.29, 1.82) is 0 Å². The summed E-state index contributed by atoms with van der Waals surface area (Å²) in [5.41, 5.74) is 1.08. The van der Waals surface area contributed by atoms with Crippen molar-refractivity contribution in [2.75, 3.05) is 13.1 Å². The van der Waals surface area contributed by atoms with Gasteiger partial charge in [-0.1, -0.05) is 39.7 Å². The Morgan fingerprint density at radius 1 is 1.41 bits per heavy atom. The molecule has 17 heavy (non-hydrogen) atoms. The average molecular weight is 337 g/mol. The van der Waals surface area contributed by atoms with E-state index in [9.17, 15) is 0 Å². The van der Waals surface area contributed by atoms with Crippen LogP contribution in [0.3, 0.4) is 0 Å². The maximum Gasteiger partial charge on any atom is 0.0479 e. The zero-order valence-electron chi connectivity index (χ0n) is 9.46. The van der Waals surface area contributed by atoms with Gasteiger partial charge in [-0.05, 0) is 49.1 Å². The van der Waals surface area contributed by atoms with E-state index in [0.29, 0.717) is 5.92 Å². The van der Waals surface area contributed by atoms with Crippen molar-refractivity contribution in [3.8, 4) is 0 Å². The van der Waals surface area contributed by atoms with E-state index in [2.05, 4.69) is 39.5 Å². The highest BCUT2D eigenvalue weighted by Crippen LogP contribution is 2.23. The molecule has 0 saturated carbocycles. The summed E-state index contributed by atoms with van der Waals surface area (Å²) in [7, 11) is 0. The van der Waals surface area contributed by atoms with Crippen LogP contribution in [-0.4, -0.2) is 13.1 Å². The molecule has 1 saturated heterocycles. The highest BCUT2D eigenvalue weighted by molar-refractivity contribution is 9.10. The van der Waals surface area contributed by atoms with Crippen molar-refractivity contribution < 1.29 is 0 Å². The molecule has 0 aliphatic carbocycles. The number of piperidine rings is 1. The van der Waals surface area contributed by atoms with Crippen LogP contribution in [0.1, 0.15) is 18.4 Å². The minimum Gasteiger partial charge on any atom is -0.316 e. The highest BCUT2D eigenvalue weighted by atomic mass is 79.9. The minimum absolute atomic E-state index is 0. The van der Waals surface area contributed by atoms with E-state index in [-0.39, 0.29) is 12.4 Å².